The molecule has 0 spiro atoms. The van der Waals surface area contributed by atoms with Gasteiger partial charge in [-0.1, -0.05) is 41.3 Å². The van der Waals surface area contributed by atoms with Crippen molar-refractivity contribution < 1.29 is 27.3 Å². The molecular weight excluding hydrogens is 889 g/mol. The third-order valence-electron chi connectivity index (χ3n) is 9.09. The Bertz CT molecular complexity index is 2630. The Labute approximate surface area is 332 Å². The molecule has 0 N–H and O–H groups in total. The Morgan fingerprint density at radius 1 is 0.811 bits per heavy atom. The molecule has 0 fully saturated rings. The minimum absolute atomic E-state index is 0. The molecule has 0 amide bonds. The molecule has 0 atom stereocenters. The summed E-state index contributed by atoms with van der Waals surface area (Å²) in [7, 11) is 0. The van der Waals surface area contributed by atoms with Crippen LogP contribution in [-0.4, -0.2) is 32.8 Å². The van der Waals surface area contributed by atoms with E-state index in [9.17, 15) is 0 Å². The van der Waals surface area contributed by atoms with Crippen molar-refractivity contribution in [1.82, 2.24) is 19.5 Å². The van der Waals surface area contributed by atoms with Crippen molar-refractivity contribution in [3.05, 3.63) is 138 Å². The second-order valence-electron chi connectivity index (χ2n) is 15.5. The van der Waals surface area contributed by atoms with Crippen LogP contribution in [0.25, 0.3) is 61.4 Å². The molecule has 5 nitrogen and oxygen atoms in total. The number of nitrogens with zero attached hydrogens (tertiary/aromatic N) is 4. The normalized spacial score (nSPS) is 12.6. The summed E-state index contributed by atoms with van der Waals surface area (Å²) in [6, 6.07) is 38.9. The number of aromatic nitrogens is 4. The fourth-order valence-electron chi connectivity index (χ4n) is 6.72. The number of pyridine rings is 2. The molecule has 0 unspecified atom stereocenters. The van der Waals surface area contributed by atoms with Gasteiger partial charge in [-0.25, -0.2) is 4.98 Å². The van der Waals surface area contributed by atoms with Crippen molar-refractivity contribution in [3.8, 4) is 28.3 Å². The van der Waals surface area contributed by atoms with Crippen molar-refractivity contribution in [2.45, 2.75) is 65.2 Å². The fourth-order valence-corrected chi connectivity index (χ4v) is 9.65. The molecule has 0 bridgehead atoms. The van der Waals surface area contributed by atoms with Crippen molar-refractivity contribution in [2.75, 3.05) is 0 Å². The first kappa shape index (κ1) is 35.7. The molecule has 4 heterocycles. The van der Waals surface area contributed by atoms with Crippen molar-refractivity contribution in [1.29, 1.82) is 0 Å². The van der Waals surface area contributed by atoms with Crippen molar-refractivity contribution in [3.63, 3.8) is 0 Å². The molecule has 7 heteroatoms. The predicted octanol–water partition coefficient (Wildman–Crippen LogP) is 11.4. The van der Waals surface area contributed by atoms with Crippen LogP contribution in [0.2, 0.25) is 17.3 Å². The molecule has 0 aliphatic heterocycles. The maximum Gasteiger partial charge on any atom is 0 e. The van der Waals surface area contributed by atoms with Gasteiger partial charge >= 0.3 is 135 Å². The summed E-state index contributed by atoms with van der Waals surface area (Å²) < 4.78 is 27.2. The van der Waals surface area contributed by atoms with Gasteiger partial charge in [-0.2, -0.15) is 0 Å². The summed E-state index contributed by atoms with van der Waals surface area (Å²) in [5.74, 6) is 7.68. The summed E-state index contributed by atoms with van der Waals surface area (Å²) in [4.78, 5) is 14.2. The zero-order valence-electron chi connectivity index (χ0n) is 33.8. The molecular formula is C46H46GeIrN4O-2. The SMILES string of the molecule is Cc1ccc2c(n1)oc1c(-c3nc4ccccc4n3-c3c(C)cccc3C)[c-]ccc12.[2H]C([2H])(c1cc(-c2[c-]cccc2)nc[c]1[Ge]([CH3])([CH3])[CH3])C(C)(C)C.[Ir]. The first-order valence-corrected chi connectivity index (χ1v) is 25.1. The molecule has 4 aromatic heterocycles. The Kier molecular flexibility index (Phi) is 10.2. The van der Waals surface area contributed by atoms with Gasteiger partial charge in [0.15, 0.2) is 0 Å². The maximum atomic E-state index is 8.76. The summed E-state index contributed by atoms with van der Waals surface area (Å²) in [6.07, 6.45) is 0.502. The molecule has 1 radical (unpaired) electrons. The van der Waals surface area contributed by atoms with Gasteiger partial charge in [0.05, 0.1) is 22.4 Å². The van der Waals surface area contributed by atoms with Gasteiger partial charge in [-0.3, -0.25) is 4.98 Å². The van der Waals surface area contributed by atoms with Crippen LogP contribution in [-0.2, 0) is 26.5 Å². The van der Waals surface area contributed by atoms with E-state index in [0.717, 1.165) is 71.4 Å². The van der Waals surface area contributed by atoms with Crippen LogP contribution in [0.5, 0.6) is 0 Å². The van der Waals surface area contributed by atoms with Crippen LogP contribution in [0.1, 0.15) is 45.9 Å². The monoisotopic (exact) mass is 939 g/mol. The molecule has 0 saturated heterocycles. The quantitative estimate of drug-likeness (QED) is 0.127. The number of imidazole rings is 1. The number of rotatable bonds is 5. The van der Waals surface area contributed by atoms with E-state index in [2.05, 4.69) is 94.2 Å². The molecule has 271 valence electrons. The Hall–Kier alpha value is -4.36. The van der Waals surface area contributed by atoms with E-state index in [1.165, 1.54) is 11.1 Å². The van der Waals surface area contributed by atoms with Crippen LogP contribution in [0.4, 0.5) is 0 Å². The van der Waals surface area contributed by atoms with Crippen molar-refractivity contribution >= 4 is 50.8 Å². The van der Waals surface area contributed by atoms with Crippen LogP contribution in [0.3, 0.4) is 0 Å². The predicted molar refractivity (Wildman–Crippen MR) is 219 cm³/mol. The standard InChI is InChI=1S/C27H20N3O.C19H26GeN.Ir/c1-16-8-6-9-17(2)24(16)30-23-13-5-4-12-22(23)29-26(30)21-11-7-10-19-20-15-14-18(3)28-27(20)31-25(19)21;1-19(2,3)13-16-12-18(15-10-8-7-9-11-15)21-14-17(16)20(4,5)6;/h4-10,12-15H,1-3H3;7-10,12,14H,13H2,1-6H3;/q2*-1;/i;13D2;. The van der Waals surface area contributed by atoms with Crippen LogP contribution in [0.15, 0.2) is 108 Å². The van der Waals surface area contributed by atoms with E-state index in [1.807, 2.05) is 94.6 Å². The summed E-state index contributed by atoms with van der Waals surface area (Å²) in [5, 5.41) is 2.03. The second kappa shape index (κ2) is 15.2. The molecule has 4 aromatic carbocycles. The van der Waals surface area contributed by atoms with Crippen LogP contribution < -0.4 is 4.40 Å². The second-order valence-corrected chi connectivity index (χ2v) is 26.1. The largest absolute Gasteiger partial charge is 0 e. The van der Waals surface area contributed by atoms with Gasteiger partial charge in [0.25, 0.3) is 0 Å². The van der Waals surface area contributed by atoms with Gasteiger partial charge in [-0.15, -0.1) is 18.2 Å². The van der Waals surface area contributed by atoms with Gasteiger partial charge in [0.2, 0.25) is 5.71 Å². The van der Waals surface area contributed by atoms with E-state index in [1.54, 1.807) is 0 Å². The Morgan fingerprint density at radius 3 is 2.25 bits per heavy atom. The third kappa shape index (κ3) is 7.96. The van der Waals surface area contributed by atoms with E-state index >= 15 is 0 Å². The third-order valence-corrected chi connectivity index (χ3v) is 13.3. The van der Waals surface area contributed by atoms with E-state index < -0.39 is 25.1 Å². The smallest absolute Gasteiger partial charge is 0 e. The molecule has 8 aromatic rings. The first-order valence-electron chi connectivity index (χ1n) is 18.8. The van der Waals surface area contributed by atoms with Crippen LogP contribution >= 0.6 is 0 Å². The molecule has 0 aliphatic carbocycles. The molecule has 8 rings (SSSR count). The zero-order chi connectivity index (χ0) is 38.6. The average molecular weight is 938 g/mol. The average Bonchev–Trinajstić information content (AvgIpc) is 3.69. The zero-order valence-corrected chi connectivity index (χ0v) is 36.3. The molecule has 0 aliphatic rings. The van der Waals surface area contributed by atoms with E-state index in [4.69, 9.17) is 12.1 Å². The molecule has 53 heavy (non-hydrogen) atoms. The van der Waals surface area contributed by atoms with Gasteiger partial charge < -0.3 is 8.98 Å². The summed E-state index contributed by atoms with van der Waals surface area (Å²) in [6.45, 7) is 12.1. The van der Waals surface area contributed by atoms with E-state index in [0.29, 0.717) is 5.71 Å². The van der Waals surface area contributed by atoms with E-state index in [-0.39, 0.29) is 20.1 Å². The Morgan fingerprint density at radius 2 is 1.55 bits per heavy atom. The number of hydrogen-bond donors (Lipinski definition) is 0. The number of aryl methyl sites for hydroxylation is 3. The van der Waals surface area contributed by atoms with Crippen molar-refractivity contribution in [2.24, 2.45) is 5.41 Å². The first-order chi connectivity index (χ1) is 25.6. The van der Waals surface area contributed by atoms with Gasteiger partial charge in [0.1, 0.15) is 0 Å². The summed E-state index contributed by atoms with van der Waals surface area (Å²) >= 11 is -2.24. The number of para-hydroxylation sites is 3. The Balaban J connectivity index is 0.000000193. The summed E-state index contributed by atoms with van der Waals surface area (Å²) in [5.41, 5.74) is 10.7. The topological polar surface area (TPSA) is 56.7 Å². The van der Waals surface area contributed by atoms with Crippen LogP contribution in [0, 0.1) is 38.3 Å². The number of fused-ring (bicyclic) bond motifs is 4. The molecule has 0 saturated carbocycles. The van der Waals surface area contributed by atoms with Gasteiger partial charge in [-0.05, 0) is 56.2 Å². The number of benzene rings is 4. The maximum absolute atomic E-state index is 8.76. The minimum atomic E-state index is -2.24. The minimum Gasteiger partial charge on any atom is 0 e. The fraction of sp³-hybridized carbons (Fsp3) is 0.239. The number of hydrogen-bond acceptors (Lipinski definition) is 4. The van der Waals surface area contributed by atoms with Gasteiger partial charge in [0, 0.05) is 36.9 Å². The number of furan rings is 1.